The molecule has 1 heterocycles. The standard InChI is InChI=1S/C16H16ClNO5/c1-3-22-16(21)14(12-8-13(19)23-15(12)20)9(2)18-11-6-4-10(17)5-7-11/h4-7,12,18H,3,8H2,1-2H3. The van der Waals surface area contributed by atoms with Gasteiger partial charge in [-0.1, -0.05) is 11.6 Å². The van der Waals surface area contributed by atoms with E-state index in [2.05, 4.69) is 10.1 Å². The van der Waals surface area contributed by atoms with Gasteiger partial charge in [0.15, 0.2) is 0 Å². The molecular formula is C16H16ClNO5. The number of carbonyl (C=O) groups excluding carboxylic acids is 3. The lowest BCUT2D eigenvalue weighted by Gasteiger charge is -2.16. The summed E-state index contributed by atoms with van der Waals surface area (Å²) in [5.41, 5.74) is 1.20. The fourth-order valence-electron chi connectivity index (χ4n) is 2.28. The molecule has 1 aromatic carbocycles. The minimum atomic E-state index is -0.957. The zero-order chi connectivity index (χ0) is 17.0. The van der Waals surface area contributed by atoms with Crippen LogP contribution in [0.25, 0.3) is 0 Å². The molecule has 0 bridgehead atoms. The predicted octanol–water partition coefficient (Wildman–Crippen LogP) is 2.68. The second-order valence-electron chi connectivity index (χ2n) is 4.94. The van der Waals surface area contributed by atoms with Crippen LogP contribution >= 0.6 is 11.6 Å². The molecule has 1 atom stereocenters. The molecule has 0 amide bonds. The number of carbonyl (C=O) groups is 3. The summed E-state index contributed by atoms with van der Waals surface area (Å²) >= 11 is 5.83. The molecule has 0 radical (unpaired) electrons. The molecule has 0 aromatic heterocycles. The van der Waals surface area contributed by atoms with Crippen molar-refractivity contribution in [1.82, 2.24) is 0 Å². The van der Waals surface area contributed by atoms with Crippen molar-refractivity contribution in [3.8, 4) is 0 Å². The number of hydrogen-bond acceptors (Lipinski definition) is 6. The number of nitrogens with one attached hydrogen (secondary N) is 1. The molecule has 122 valence electrons. The number of hydrogen-bond donors (Lipinski definition) is 1. The summed E-state index contributed by atoms with van der Waals surface area (Å²) in [7, 11) is 0. The first-order valence-corrected chi connectivity index (χ1v) is 7.45. The van der Waals surface area contributed by atoms with Gasteiger partial charge < -0.3 is 14.8 Å². The maximum Gasteiger partial charge on any atom is 0.336 e. The van der Waals surface area contributed by atoms with E-state index in [0.717, 1.165) is 0 Å². The number of esters is 3. The third-order valence-corrected chi connectivity index (χ3v) is 3.55. The minimum Gasteiger partial charge on any atom is -0.463 e. The van der Waals surface area contributed by atoms with Gasteiger partial charge in [0.2, 0.25) is 0 Å². The van der Waals surface area contributed by atoms with Gasteiger partial charge in [-0.3, -0.25) is 9.59 Å². The van der Waals surface area contributed by atoms with Gasteiger partial charge in [-0.15, -0.1) is 0 Å². The van der Waals surface area contributed by atoms with E-state index in [1.165, 1.54) is 0 Å². The molecule has 1 unspecified atom stereocenters. The lowest BCUT2D eigenvalue weighted by Crippen LogP contribution is -2.23. The summed E-state index contributed by atoms with van der Waals surface area (Å²) in [5.74, 6) is -3.00. The van der Waals surface area contributed by atoms with Crippen molar-refractivity contribution < 1.29 is 23.9 Å². The topological polar surface area (TPSA) is 81.7 Å². The van der Waals surface area contributed by atoms with Crippen molar-refractivity contribution >= 4 is 35.2 Å². The maximum atomic E-state index is 12.2. The van der Waals surface area contributed by atoms with Crippen molar-refractivity contribution in [2.45, 2.75) is 20.3 Å². The molecule has 0 saturated carbocycles. The molecule has 1 fully saturated rings. The van der Waals surface area contributed by atoms with E-state index >= 15 is 0 Å². The number of rotatable bonds is 5. The van der Waals surface area contributed by atoms with Crippen molar-refractivity contribution in [3.05, 3.63) is 40.6 Å². The van der Waals surface area contributed by atoms with Gasteiger partial charge in [-0.05, 0) is 38.1 Å². The van der Waals surface area contributed by atoms with Crippen LogP contribution < -0.4 is 5.32 Å². The van der Waals surface area contributed by atoms with Crippen LogP contribution in [-0.2, 0) is 23.9 Å². The molecule has 1 aliphatic rings. The van der Waals surface area contributed by atoms with Gasteiger partial charge in [0.05, 0.1) is 18.6 Å². The average molecular weight is 338 g/mol. The van der Waals surface area contributed by atoms with Gasteiger partial charge in [0, 0.05) is 16.4 Å². The number of benzene rings is 1. The van der Waals surface area contributed by atoms with Crippen LogP contribution in [-0.4, -0.2) is 24.5 Å². The summed E-state index contributed by atoms with van der Waals surface area (Å²) in [5, 5.41) is 3.60. The van der Waals surface area contributed by atoms with E-state index < -0.39 is 23.8 Å². The average Bonchev–Trinajstić information content (AvgIpc) is 2.80. The van der Waals surface area contributed by atoms with Crippen LogP contribution in [0.4, 0.5) is 5.69 Å². The fraction of sp³-hybridized carbons (Fsp3) is 0.312. The molecular weight excluding hydrogens is 322 g/mol. The van der Waals surface area contributed by atoms with Crippen molar-refractivity contribution in [3.63, 3.8) is 0 Å². The van der Waals surface area contributed by atoms with Crippen molar-refractivity contribution in [1.29, 1.82) is 0 Å². The number of halogens is 1. The Balaban J connectivity index is 2.34. The second kappa shape index (κ2) is 7.28. The van der Waals surface area contributed by atoms with Gasteiger partial charge >= 0.3 is 17.9 Å². The Morgan fingerprint density at radius 2 is 2.00 bits per heavy atom. The Morgan fingerprint density at radius 3 is 2.52 bits per heavy atom. The summed E-state index contributed by atoms with van der Waals surface area (Å²) in [4.78, 5) is 35.3. The molecule has 0 aliphatic carbocycles. The highest BCUT2D eigenvalue weighted by Gasteiger charge is 2.40. The molecule has 1 saturated heterocycles. The van der Waals surface area contributed by atoms with Gasteiger partial charge in [0.25, 0.3) is 0 Å². The Morgan fingerprint density at radius 1 is 1.35 bits per heavy atom. The molecule has 6 nitrogen and oxygen atoms in total. The molecule has 1 N–H and O–H groups in total. The quantitative estimate of drug-likeness (QED) is 0.505. The van der Waals surface area contributed by atoms with Crippen LogP contribution in [0, 0.1) is 5.92 Å². The van der Waals surface area contributed by atoms with Crippen molar-refractivity contribution in [2.24, 2.45) is 5.92 Å². The Labute approximate surface area is 138 Å². The first kappa shape index (κ1) is 17.0. The van der Waals surface area contributed by atoms with Crippen LogP contribution in [0.1, 0.15) is 20.3 Å². The molecule has 0 spiro atoms. The lowest BCUT2D eigenvalue weighted by molar-refractivity contribution is -0.153. The molecule has 1 aliphatic heterocycles. The largest absolute Gasteiger partial charge is 0.463 e. The number of allylic oxidation sites excluding steroid dienone is 1. The van der Waals surface area contributed by atoms with E-state index in [1.54, 1.807) is 38.1 Å². The molecule has 7 heteroatoms. The van der Waals surface area contributed by atoms with E-state index in [-0.39, 0.29) is 18.6 Å². The molecule has 23 heavy (non-hydrogen) atoms. The van der Waals surface area contributed by atoms with E-state index in [1.807, 2.05) is 0 Å². The fourth-order valence-corrected chi connectivity index (χ4v) is 2.40. The summed E-state index contributed by atoms with van der Waals surface area (Å²) in [6.07, 6.45) is -0.174. The number of ether oxygens (including phenoxy) is 2. The van der Waals surface area contributed by atoms with Crippen LogP contribution in [0.5, 0.6) is 0 Å². The van der Waals surface area contributed by atoms with E-state index in [9.17, 15) is 14.4 Å². The first-order valence-electron chi connectivity index (χ1n) is 7.07. The zero-order valence-corrected chi connectivity index (χ0v) is 13.5. The van der Waals surface area contributed by atoms with Gasteiger partial charge in [-0.25, -0.2) is 4.79 Å². The van der Waals surface area contributed by atoms with E-state index in [0.29, 0.717) is 16.4 Å². The second-order valence-corrected chi connectivity index (χ2v) is 5.38. The highest BCUT2D eigenvalue weighted by molar-refractivity contribution is 6.30. The minimum absolute atomic E-state index is 0.0950. The summed E-state index contributed by atoms with van der Waals surface area (Å²) < 4.78 is 9.54. The van der Waals surface area contributed by atoms with Gasteiger partial charge in [-0.2, -0.15) is 0 Å². The van der Waals surface area contributed by atoms with Gasteiger partial charge in [0.1, 0.15) is 5.92 Å². The van der Waals surface area contributed by atoms with E-state index in [4.69, 9.17) is 16.3 Å². The third-order valence-electron chi connectivity index (χ3n) is 3.29. The zero-order valence-electron chi connectivity index (χ0n) is 12.7. The predicted molar refractivity (Wildman–Crippen MR) is 83.6 cm³/mol. The van der Waals surface area contributed by atoms with Crippen molar-refractivity contribution in [2.75, 3.05) is 11.9 Å². The van der Waals surface area contributed by atoms with Crippen LogP contribution in [0.15, 0.2) is 35.5 Å². The monoisotopic (exact) mass is 337 g/mol. The third kappa shape index (κ3) is 4.10. The summed E-state index contributed by atoms with van der Waals surface area (Å²) in [6, 6.07) is 6.84. The smallest absolute Gasteiger partial charge is 0.336 e. The first-order chi connectivity index (χ1) is 10.9. The molecule has 2 rings (SSSR count). The normalized spacial score (nSPS) is 18.3. The SMILES string of the molecule is CCOC(=O)C(=C(C)Nc1ccc(Cl)cc1)C1CC(=O)OC1=O. The van der Waals surface area contributed by atoms with Crippen LogP contribution in [0.3, 0.4) is 0 Å². The molecule has 1 aromatic rings. The Kier molecular flexibility index (Phi) is 5.39. The maximum absolute atomic E-state index is 12.2. The Hall–Kier alpha value is -2.34. The van der Waals surface area contributed by atoms with Crippen LogP contribution in [0.2, 0.25) is 5.02 Å². The highest BCUT2D eigenvalue weighted by atomic mass is 35.5. The number of anilines is 1. The lowest BCUT2D eigenvalue weighted by atomic mass is 9.95. The Bertz CT molecular complexity index is 666. The number of cyclic esters (lactones) is 2. The summed E-state index contributed by atoms with van der Waals surface area (Å²) in [6.45, 7) is 3.46. The highest BCUT2D eigenvalue weighted by Crippen LogP contribution is 2.28.